The van der Waals surface area contributed by atoms with Crippen LogP contribution in [0.2, 0.25) is 0 Å². The van der Waals surface area contributed by atoms with E-state index in [9.17, 15) is 9.59 Å². The fraction of sp³-hybridized carbons (Fsp3) is 0.619. The van der Waals surface area contributed by atoms with Gasteiger partial charge in [0.15, 0.2) is 0 Å². The van der Waals surface area contributed by atoms with E-state index in [0.29, 0.717) is 23.9 Å². The number of nitrogens with two attached hydrogens (primary N) is 1. The van der Waals surface area contributed by atoms with Crippen molar-refractivity contribution in [2.45, 2.75) is 37.8 Å². The number of ether oxygens (including phenoxy) is 1. The van der Waals surface area contributed by atoms with Gasteiger partial charge in [-0.1, -0.05) is 12.1 Å². The molecule has 3 amide bonds. The first-order valence-electron chi connectivity index (χ1n) is 10.3. The molecular weight excluding hydrogens is 356 g/mol. The zero-order chi connectivity index (χ0) is 19.7. The molecule has 0 aromatic heterocycles. The summed E-state index contributed by atoms with van der Waals surface area (Å²) in [7, 11) is 1.70. The highest BCUT2D eigenvalue weighted by Crippen LogP contribution is 2.44. The van der Waals surface area contributed by atoms with Gasteiger partial charge in [0.25, 0.3) is 0 Å². The maximum atomic E-state index is 12.5. The van der Waals surface area contributed by atoms with Crippen LogP contribution in [0.1, 0.15) is 37.3 Å². The minimum Gasteiger partial charge on any atom is -0.497 e. The van der Waals surface area contributed by atoms with Gasteiger partial charge in [0, 0.05) is 31.7 Å². The number of methoxy groups -OCH3 is 1. The summed E-state index contributed by atoms with van der Waals surface area (Å²) >= 11 is 0. The Morgan fingerprint density at radius 1 is 1.18 bits per heavy atom. The molecule has 0 spiro atoms. The molecule has 7 nitrogen and oxygen atoms in total. The Morgan fingerprint density at radius 3 is 2.68 bits per heavy atom. The van der Waals surface area contributed by atoms with Crippen molar-refractivity contribution in [3.8, 4) is 5.75 Å². The lowest BCUT2D eigenvalue weighted by Gasteiger charge is -2.55. The van der Waals surface area contributed by atoms with Crippen LogP contribution >= 0.6 is 0 Å². The molecular formula is C21H30N4O3. The molecule has 1 aromatic rings. The molecule has 28 heavy (non-hydrogen) atoms. The van der Waals surface area contributed by atoms with Crippen molar-refractivity contribution < 1.29 is 14.3 Å². The highest BCUT2D eigenvalue weighted by atomic mass is 16.5. The Hall–Kier alpha value is -2.28. The number of benzene rings is 1. The summed E-state index contributed by atoms with van der Waals surface area (Å²) in [6.07, 6.45) is 4.80. The fourth-order valence-corrected chi connectivity index (χ4v) is 5.47. The van der Waals surface area contributed by atoms with E-state index in [1.165, 1.54) is 31.2 Å². The van der Waals surface area contributed by atoms with Gasteiger partial charge in [-0.05, 0) is 55.2 Å². The highest BCUT2D eigenvalue weighted by molar-refractivity contribution is 5.83. The number of amides is 3. The number of nitrogens with one attached hydrogen (secondary N) is 1. The quantitative estimate of drug-likeness (QED) is 0.825. The molecule has 3 heterocycles. The molecule has 1 aromatic carbocycles. The number of carbonyl (C=O) groups is 2. The summed E-state index contributed by atoms with van der Waals surface area (Å²) < 4.78 is 5.31. The van der Waals surface area contributed by atoms with Crippen LogP contribution < -0.4 is 15.8 Å². The van der Waals surface area contributed by atoms with Gasteiger partial charge in [-0.25, -0.2) is 4.79 Å². The maximum absolute atomic E-state index is 12.5. The highest BCUT2D eigenvalue weighted by Gasteiger charge is 2.45. The van der Waals surface area contributed by atoms with Gasteiger partial charge in [-0.2, -0.15) is 0 Å². The molecule has 2 bridgehead atoms. The molecule has 0 unspecified atom stereocenters. The smallest absolute Gasteiger partial charge is 0.312 e. The number of hydrogen-bond donors (Lipinski definition) is 2. The van der Waals surface area contributed by atoms with Gasteiger partial charge in [0.1, 0.15) is 5.75 Å². The predicted molar refractivity (Wildman–Crippen MR) is 106 cm³/mol. The normalized spacial score (nSPS) is 29.7. The average Bonchev–Trinajstić information content (AvgIpc) is 2.71. The number of primary amides is 1. The molecule has 4 rings (SSSR count). The Morgan fingerprint density at radius 2 is 1.96 bits per heavy atom. The number of likely N-dealkylation sites (tertiary alicyclic amines) is 1. The van der Waals surface area contributed by atoms with Crippen molar-refractivity contribution in [1.29, 1.82) is 0 Å². The summed E-state index contributed by atoms with van der Waals surface area (Å²) in [6, 6.07) is 8.83. The first-order chi connectivity index (χ1) is 13.5. The molecule has 152 valence electrons. The Balaban J connectivity index is 1.46. The van der Waals surface area contributed by atoms with E-state index in [4.69, 9.17) is 10.5 Å². The van der Waals surface area contributed by atoms with E-state index in [-0.39, 0.29) is 12.5 Å². The maximum Gasteiger partial charge on any atom is 0.312 e. The Bertz CT molecular complexity index is 723. The van der Waals surface area contributed by atoms with Gasteiger partial charge >= 0.3 is 6.03 Å². The molecule has 0 radical (unpaired) electrons. The lowest BCUT2D eigenvalue weighted by Crippen LogP contribution is -2.61. The van der Waals surface area contributed by atoms with Gasteiger partial charge < -0.3 is 20.7 Å². The first kappa shape index (κ1) is 19.1. The van der Waals surface area contributed by atoms with Crippen LogP contribution in [0.3, 0.4) is 0 Å². The van der Waals surface area contributed by atoms with Crippen LogP contribution in [0.5, 0.6) is 5.75 Å². The van der Waals surface area contributed by atoms with Crippen LogP contribution in [0, 0.1) is 11.8 Å². The van der Waals surface area contributed by atoms with Gasteiger partial charge in [-0.3, -0.25) is 9.69 Å². The minimum absolute atomic E-state index is 0.00235. The van der Waals surface area contributed by atoms with E-state index in [0.717, 1.165) is 25.4 Å². The lowest BCUT2D eigenvalue weighted by molar-refractivity contribution is -0.137. The van der Waals surface area contributed by atoms with Crippen molar-refractivity contribution >= 4 is 11.9 Å². The molecule has 3 saturated heterocycles. The van der Waals surface area contributed by atoms with Crippen LogP contribution in [-0.2, 0) is 4.79 Å². The van der Waals surface area contributed by atoms with E-state index in [1.807, 2.05) is 4.90 Å². The number of carbonyl (C=O) groups excluding carboxylic acids is 2. The third kappa shape index (κ3) is 3.81. The summed E-state index contributed by atoms with van der Waals surface area (Å²) in [5, 5.41) is 2.43. The van der Waals surface area contributed by atoms with E-state index >= 15 is 0 Å². The molecule has 7 heteroatoms. The lowest BCUT2D eigenvalue weighted by atomic mass is 9.74. The SMILES string of the molecule is COc1ccc([C@H]2CCC[C@H]3[C@@H]4C[C@@H](CN(C(=O)CNC(N)=O)C4)CN23)cc1. The third-order valence-electron chi connectivity index (χ3n) is 6.65. The second kappa shape index (κ2) is 7.99. The number of rotatable bonds is 4. The largest absolute Gasteiger partial charge is 0.497 e. The molecule has 3 aliphatic rings. The zero-order valence-electron chi connectivity index (χ0n) is 16.5. The minimum atomic E-state index is -0.647. The van der Waals surface area contributed by atoms with E-state index in [2.05, 4.69) is 34.5 Å². The van der Waals surface area contributed by atoms with Crippen molar-refractivity contribution in [2.75, 3.05) is 33.3 Å². The summed E-state index contributed by atoms with van der Waals surface area (Å²) in [6.45, 7) is 2.59. The number of piperidine rings is 3. The second-order valence-corrected chi connectivity index (χ2v) is 8.36. The van der Waals surface area contributed by atoms with Crippen molar-refractivity contribution in [3.63, 3.8) is 0 Å². The van der Waals surface area contributed by atoms with Crippen molar-refractivity contribution in [3.05, 3.63) is 29.8 Å². The van der Waals surface area contributed by atoms with Crippen LogP contribution in [0.25, 0.3) is 0 Å². The number of urea groups is 1. The molecule has 3 N–H and O–H groups in total. The summed E-state index contributed by atoms with van der Waals surface area (Å²) in [5.41, 5.74) is 6.47. The van der Waals surface area contributed by atoms with E-state index < -0.39 is 6.03 Å². The topological polar surface area (TPSA) is 87.9 Å². The molecule has 0 saturated carbocycles. The van der Waals surface area contributed by atoms with Crippen LogP contribution in [-0.4, -0.2) is 61.1 Å². The summed E-state index contributed by atoms with van der Waals surface area (Å²) in [4.78, 5) is 28.0. The predicted octanol–water partition coefficient (Wildman–Crippen LogP) is 1.74. The fourth-order valence-electron chi connectivity index (χ4n) is 5.47. The second-order valence-electron chi connectivity index (χ2n) is 8.36. The zero-order valence-corrected chi connectivity index (χ0v) is 16.5. The Kier molecular flexibility index (Phi) is 5.44. The van der Waals surface area contributed by atoms with Crippen molar-refractivity contribution in [1.82, 2.24) is 15.1 Å². The molecule has 3 fully saturated rings. The summed E-state index contributed by atoms with van der Waals surface area (Å²) in [5.74, 6) is 1.87. The third-order valence-corrected chi connectivity index (χ3v) is 6.65. The van der Waals surface area contributed by atoms with Gasteiger partial charge in [0.05, 0.1) is 13.7 Å². The van der Waals surface area contributed by atoms with Crippen molar-refractivity contribution in [2.24, 2.45) is 17.6 Å². The van der Waals surface area contributed by atoms with Crippen LogP contribution in [0.15, 0.2) is 24.3 Å². The number of hydrogen-bond acceptors (Lipinski definition) is 4. The van der Waals surface area contributed by atoms with Gasteiger partial charge in [0.2, 0.25) is 5.91 Å². The molecule has 3 aliphatic heterocycles. The van der Waals surface area contributed by atoms with E-state index in [1.54, 1.807) is 7.11 Å². The first-order valence-corrected chi connectivity index (χ1v) is 10.3. The molecule has 4 atom stereocenters. The monoisotopic (exact) mass is 386 g/mol. The van der Waals surface area contributed by atoms with Crippen LogP contribution in [0.4, 0.5) is 4.79 Å². The Labute approximate surface area is 166 Å². The standard InChI is InChI=1S/C21H30N4O3/c1-28-17-7-5-15(6-8-17)18-3-2-4-19-16-9-14(12-25(18)19)11-24(13-16)20(26)10-23-21(22)27/h5-8,14,16,18-19H,2-4,9-13H2,1H3,(H3,22,23,27)/t14-,16+,18+,19-/m0/s1. The number of nitrogens with zero attached hydrogens (tertiary/aromatic N) is 2. The van der Waals surface area contributed by atoms with Gasteiger partial charge in [-0.15, -0.1) is 0 Å². The number of fused-ring (bicyclic) bond motifs is 4. The molecule has 0 aliphatic carbocycles. The average molecular weight is 386 g/mol.